The van der Waals surface area contributed by atoms with Crippen LogP contribution in [0.3, 0.4) is 0 Å². The Morgan fingerprint density at radius 2 is 1.68 bits per heavy atom. The monoisotopic (exact) mass is 371 g/mol. The maximum atomic E-state index is 12.5. The zero-order valence-electron chi connectivity index (χ0n) is 15.9. The first kappa shape index (κ1) is 17.9. The molecule has 1 amide bonds. The third-order valence-corrected chi connectivity index (χ3v) is 4.87. The third kappa shape index (κ3) is 3.37. The minimum absolute atomic E-state index is 0.256. The van der Waals surface area contributed by atoms with Crippen molar-refractivity contribution in [2.45, 2.75) is 13.5 Å². The second kappa shape index (κ2) is 7.61. The van der Waals surface area contributed by atoms with Crippen molar-refractivity contribution in [2.75, 3.05) is 7.11 Å². The van der Waals surface area contributed by atoms with Crippen LogP contribution in [-0.4, -0.2) is 13.0 Å². The van der Waals surface area contributed by atoms with Crippen molar-refractivity contribution in [1.29, 1.82) is 0 Å². The van der Waals surface area contributed by atoms with Crippen LogP contribution in [0.5, 0.6) is 5.75 Å². The summed E-state index contributed by atoms with van der Waals surface area (Å²) in [6.45, 7) is 2.46. The predicted molar refractivity (Wildman–Crippen MR) is 111 cm³/mol. The summed E-state index contributed by atoms with van der Waals surface area (Å²) in [6.07, 6.45) is 0. The molecule has 0 aliphatic carbocycles. The van der Waals surface area contributed by atoms with Gasteiger partial charge in [-0.2, -0.15) is 0 Å². The zero-order valence-corrected chi connectivity index (χ0v) is 15.9. The molecule has 1 aromatic heterocycles. The van der Waals surface area contributed by atoms with Gasteiger partial charge in [0.2, 0.25) is 0 Å². The third-order valence-electron chi connectivity index (χ3n) is 4.87. The Bertz CT molecular complexity index is 1140. The molecule has 0 bridgehead atoms. The van der Waals surface area contributed by atoms with Gasteiger partial charge in [-0.15, -0.1) is 0 Å². The maximum Gasteiger partial charge on any atom is 0.287 e. The van der Waals surface area contributed by atoms with Gasteiger partial charge >= 0.3 is 0 Å². The molecule has 0 unspecified atom stereocenters. The summed E-state index contributed by atoms with van der Waals surface area (Å²) < 4.78 is 11.2. The van der Waals surface area contributed by atoms with E-state index in [9.17, 15) is 4.79 Å². The van der Waals surface area contributed by atoms with Crippen LogP contribution >= 0.6 is 0 Å². The van der Waals surface area contributed by atoms with Gasteiger partial charge in [0.15, 0.2) is 5.76 Å². The molecular formula is C24H21NO3. The molecular weight excluding hydrogens is 350 g/mol. The molecule has 0 aliphatic rings. The Labute approximate surface area is 163 Å². The van der Waals surface area contributed by atoms with Gasteiger partial charge < -0.3 is 14.5 Å². The first-order valence-electron chi connectivity index (χ1n) is 9.16. The van der Waals surface area contributed by atoms with Crippen LogP contribution in [0.25, 0.3) is 22.1 Å². The number of carbonyl (C=O) groups is 1. The van der Waals surface area contributed by atoms with Crippen molar-refractivity contribution in [1.82, 2.24) is 5.32 Å². The van der Waals surface area contributed by atoms with Crippen LogP contribution < -0.4 is 10.1 Å². The van der Waals surface area contributed by atoms with E-state index in [2.05, 4.69) is 30.4 Å². The van der Waals surface area contributed by atoms with Crippen LogP contribution in [-0.2, 0) is 6.54 Å². The molecule has 0 atom stereocenters. The van der Waals surface area contributed by atoms with Gasteiger partial charge in [-0.3, -0.25) is 4.79 Å². The summed E-state index contributed by atoms with van der Waals surface area (Å²) in [5, 5.41) is 5.18. The van der Waals surface area contributed by atoms with Gasteiger partial charge in [-0.1, -0.05) is 54.6 Å². The number of carbonyl (C=O) groups excluding carboxylic acids is 1. The minimum Gasteiger partial charge on any atom is -0.496 e. The van der Waals surface area contributed by atoms with E-state index < -0.39 is 0 Å². The van der Waals surface area contributed by atoms with E-state index in [0.29, 0.717) is 12.3 Å². The lowest BCUT2D eigenvalue weighted by molar-refractivity contribution is 0.0924. The van der Waals surface area contributed by atoms with Crippen molar-refractivity contribution in [2.24, 2.45) is 0 Å². The van der Waals surface area contributed by atoms with Gasteiger partial charge in [-0.25, -0.2) is 0 Å². The van der Waals surface area contributed by atoms with E-state index in [0.717, 1.165) is 22.3 Å². The molecule has 140 valence electrons. The molecule has 0 fully saturated rings. The lowest BCUT2D eigenvalue weighted by Crippen LogP contribution is -2.22. The number of para-hydroxylation sites is 1. The van der Waals surface area contributed by atoms with Gasteiger partial charge in [-0.05, 0) is 41.5 Å². The SMILES string of the molecule is COc1ccccc1CNC(=O)c1ccc(-c2ccc(C)c3ccccc23)o1. The molecule has 1 heterocycles. The van der Waals surface area contributed by atoms with E-state index in [1.807, 2.05) is 48.5 Å². The summed E-state index contributed by atoms with van der Waals surface area (Å²) in [5.41, 5.74) is 3.10. The number of aryl methyl sites for hydroxylation is 1. The smallest absolute Gasteiger partial charge is 0.287 e. The number of methoxy groups -OCH3 is 1. The first-order valence-corrected chi connectivity index (χ1v) is 9.16. The zero-order chi connectivity index (χ0) is 19.5. The fourth-order valence-electron chi connectivity index (χ4n) is 3.38. The summed E-state index contributed by atoms with van der Waals surface area (Å²) in [4.78, 5) is 12.5. The van der Waals surface area contributed by atoms with Gasteiger partial charge in [0.25, 0.3) is 5.91 Å². The molecule has 4 nitrogen and oxygen atoms in total. The highest BCUT2D eigenvalue weighted by Crippen LogP contribution is 2.31. The number of benzene rings is 3. The molecule has 0 aliphatic heterocycles. The molecule has 28 heavy (non-hydrogen) atoms. The molecule has 4 rings (SSSR count). The quantitative estimate of drug-likeness (QED) is 0.515. The predicted octanol–water partition coefficient (Wildman–Crippen LogP) is 5.35. The molecule has 0 radical (unpaired) electrons. The summed E-state index contributed by atoms with van der Waals surface area (Å²) in [5.74, 6) is 1.45. The summed E-state index contributed by atoms with van der Waals surface area (Å²) >= 11 is 0. The Morgan fingerprint density at radius 1 is 0.929 bits per heavy atom. The van der Waals surface area contributed by atoms with E-state index in [-0.39, 0.29) is 11.7 Å². The van der Waals surface area contributed by atoms with E-state index >= 15 is 0 Å². The second-order valence-corrected chi connectivity index (χ2v) is 6.63. The van der Waals surface area contributed by atoms with Gasteiger partial charge in [0, 0.05) is 17.7 Å². The molecule has 0 spiro atoms. The number of amides is 1. The normalized spacial score (nSPS) is 10.8. The van der Waals surface area contributed by atoms with Crippen LogP contribution in [0, 0.1) is 6.92 Å². The van der Waals surface area contributed by atoms with Crippen molar-refractivity contribution >= 4 is 16.7 Å². The number of fused-ring (bicyclic) bond motifs is 1. The van der Waals surface area contributed by atoms with Gasteiger partial charge in [0.05, 0.1) is 7.11 Å². The van der Waals surface area contributed by atoms with Gasteiger partial charge in [0.1, 0.15) is 11.5 Å². The van der Waals surface area contributed by atoms with E-state index in [1.165, 1.54) is 10.9 Å². The molecule has 0 saturated heterocycles. The lowest BCUT2D eigenvalue weighted by Gasteiger charge is -2.09. The summed E-state index contributed by atoms with van der Waals surface area (Å²) in [6, 6.07) is 23.5. The van der Waals surface area contributed by atoms with Crippen LogP contribution in [0.15, 0.2) is 77.2 Å². The van der Waals surface area contributed by atoms with Crippen molar-refractivity contribution in [3.05, 3.63) is 89.7 Å². The average molecular weight is 371 g/mol. The second-order valence-electron chi connectivity index (χ2n) is 6.63. The first-order chi connectivity index (χ1) is 13.7. The van der Waals surface area contributed by atoms with Crippen molar-refractivity contribution < 1.29 is 13.9 Å². The minimum atomic E-state index is -0.256. The topological polar surface area (TPSA) is 51.5 Å². The molecule has 0 saturated carbocycles. The van der Waals surface area contributed by atoms with Crippen LogP contribution in [0.2, 0.25) is 0 Å². The average Bonchev–Trinajstić information content (AvgIpc) is 3.23. The largest absolute Gasteiger partial charge is 0.496 e. The Morgan fingerprint density at radius 3 is 2.50 bits per heavy atom. The Hall–Kier alpha value is -3.53. The summed E-state index contributed by atoms with van der Waals surface area (Å²) in [7, 11) is 1.62. The highest BCUT2D eigenvalue weighted by molar-refractivity contribution is 5.98. The fraction of sp³-hybridized carbons (Fsp3) is 0.125. The van der Waals surface area contributed by atoms with Crippen LogP contribution in [0.4, 0.5) is 0 Å². The molecule has 4 aromatic rings. The maximum absolute atomic E-state index is 12.5. The highest BCUT2D eigenvalue weighted by Gasteiger charge is 2.14. The molecule has 1 N–H and O–H groups in total. The Balaban J connectivity index is 1.56. The Kier molecular flexibility index (Phi) is 4.85. The van der Waals surface area contributed by atoms with Crippen LogP contribution in [0.1, 0.15) is 21.7 Å². The molecule has 3 aromatic carbocycles. The number of furan rings is 1. The number of hydrogen-bond acceptors (Lipinski definition) is 3. The lowest BCUT2D eigenvalue weighted by atomic mass is 9.99. The van der Waals surface area contributed by atoms with E-state index in [4.69, 9.17) is 9.15 Å². The number of hydrogen-bond donors (Lipinski definition) is 1. The molecule has 4 heteroatoms. The number of ether oxygens (including phenoxy) is 1. The van der Waals surface area contributed by atoms with Crippen molar-refractivity contribution in [3.63, 3.8) is 0 Å². The number of nitrogens with one attached hydrogen (secondary N) is 1. The number of rotatable bonds is 5. The highest BCUT2D eigenvalue weighted by atomic mass is 16.5. The standard InChI is InChI=1S/C24H21NO3/c1-16-11-12-20(19-9-5-4-8-18(16)19)22-13-14-23(28-22)24(26)25-15-17-7-3-6-10-21(17)27-2/h3-14H,15H2,1-2H3,(H,25,26). The fourth-order valence-corrected chi connectivity index (χ4v) is 3.38. The van der Waals surface area contributed by atoms with E-state index in [1.54, 1.807) is 13.2 Å². The van der Waals surface area contributed by atoms with Crippen molar-refractivity contribution in [3.8, 4) is 17.1 Å².